The Balaban J connectivity index is 1.60. The highest BCUT2D eigenvalue weighted by molar-refractivity contribution is 5.41. The third kappa shape index (κ3) is 3.75. The lowest BCUT2D eigenvalue weighted by Crippen LogP contribution is -2.25. The molecule has 1 aromatic heterocycles. The van der Waals surface area contributed by atoms with Gasteiger partial charge in [-0.1, -0.05) is 6.07 Å². The Morgan fingerprint density at radius 1 is 1.13 bits per heavy atom. The van der Waals surface area contributed by atoms with Crippen LogP contribution in [0.2, 0.25) is 0 Å². The van der Waals surface area contributed by atoms with Gasteiger partial charge >= 0.3 is 6.18 Å². The number of alkyl halides is 3. The number of hydrogen-bond donors (Lipinski definition) is 0. The van der Waals surface area contributed by atoms with E-state index in [1.54, 1.807) is 0 Å². The molecule has 1 aromatic carbocycles. The first-order valence-electron chi connectivity index (χ1n) is 7.43. The van der Waals surface area contributed by atoms with Crippen LogP contribution in [0.4, 0.5) is 19.0 Å². The van der Waals surface area contributed by atoms with Crippen molar-refractivity contribution in [3.63, 3.8) is 0 Å². The Morgan fingerprint density at radius 2 is 1.87 bits per heavy atom. The van der Waals surface area contributed by atoms with Crippen molar-refractivity contribution in [1.29, 1.82) is 0 Å². The summed E-state index contributed by atoms with van der Waals surface area (Å²) in [5, 5.41) is 0. The molecule has 0 saturated carbocycles. The van der Waals surface area contributed by atoms with E-state index in [1.165, 1.54) is 12.1 Å². The molecule has 1 fully saturated rings. The number of pyridine rings is 1. The predicted molar refractivity (Wildman–Crippen MR) is 81.7 cm³/mol. The van der Waals surface area contributed by atoms with Crippen molar-refractivity contribution in [2.24, 2.45) is 0 Å². The summed E-state index contributed by atoms with van der Waals surface area (Å²) in [6, 6.07) is 8.81. The third-order valence-corrected chi connectivity index (χ3v) is 3.85. The molecule has 0 aliphatic carbocycles. The van der Waals surface area contributed by atoms with E-state index in [9.17, 15) is 13.2 Å². The topological polar surface area (TPSA) is 25.4 Å². The van der Waals surface area contributed by atoms with Gasteiger partial charge in [0.15, 0.2) is 0 Å². The number of hydrogen-bond acceptors (Lipinski definition) is 3. The Kier molecular flexibility index (Phi) is 4.15. The molecule has 0 amide bonds. The van der Waals surface area contributed by atoms with Gasteiger partial charge in [0.05, 0.1) is 12.1 Å². The number of nitrogens with zero attached hydrogens (tertiary/aromatic N) is 2. The van der Waals surface area contributed by atoms with Crippen molar-refractivity contribution in [1.82, 2.24) is 4.98 Å². The van der Waals surface area contributed by atoms with Gasteiger partial charge in [0.25, 0.3) is 0 Å². The summed E-state index contributed by atoms with van der Waals surface area (Å²) < 4.78 is 43.4. The molecule has 2 heterocycles. The zero-order valence-electron chi connectivity index (χ0n) is 12.7. The first-order chi connectivity index (χ1) is 10.9. The average molecular weight is 322 g/mol. The van der Waals surface area contributed by atoms with Gasteiger partial charge in [-0.3, -0.25) is 0 Å². The Hall–Kier alpha value is -2.24. The van der Waals surface area contributed by atoms with Gasteiger partial charge in [-0.2, -0.15) is 13.2 Å². The number of aryl methyl sites for hydroxylation is 1. The summed E-state index contributed by atoms with van der Waals surface area (Å²) in [6.45, 7) is 3.48. The van der Waals surface area contributed by atoms with Crippen molar-refractivity contribution in [3.05, 3.63) is 53.7 Å². The van der Waals surface area contributed by atoms with Gasteiger partial charge in [-0.15, -0.1) is 0 Å². The highest BCUT2D eigenvalue weighted by Gasteiger charge is 2.30. The zero-order chi connectivity index (χ0) is 16.4. The summed E-state index contributed by atoms with van der Waals surface area (Å²) in [5.41, 5.74) is 0.437. The molecular formula is C17H17F3N2O. The van der Waals surface area contributed by atoms with Crippen LogP contribution in [0, 0.1) is 6.92 Å². The van der Waals surface area contributed by atoms with Gasteiger partial charge in [-0.25, -0.2) is 4.98 Å². The fraction of sp³-hybridized carbons (Fsp3) is 0.353. The monoisotopic (exact) mass is 322 g/mol. The number of halogens is 3. The Labute approximate surface area is 132 Å². The molecule has 1 aliphatic rings. The lowest BCUT2D eigenvalue weighted by molar-refractivity contribution is -0.137. The van der Waals surface area contributed by atoms with Crippen LogP contribution < -0.4 is 9.64 Å². The van der Waals surface area contributed by atoms with Crippen molar-refractivity contribution in [2.75, 3.05) is 18.0 Å². The number of benzene rings is 1. The highest BCUT2D eigenvalue weighted by atomic mass is 19.4. The summed E-state index contributed by atoms with van der Waals surface area (Å²) in [7, 11) is 0. The van der Waals surface area contributed by atoms with Crippen LogP contribution in [0.25, 0.3) is 0 Å². The van der Waals surface area contributed by atoms with E-state index in [-0.39, 0.29) is 6.10 Å². The van der Waals surface area contributed by atoms with Crippen LogP contribution in [-0.4, -0.2) is 24.2 Å². The van der Waals surface area contributed by atoms with E-state index >= 15 is 0 Å². The normalized spacial score (nSPS) is 18.3. The summed E-state index contributed by atoms with van der Waals surface area (Å²) in [5.74, 6) is 1.36. The molecule has 122 valence electrons. The molecular weight excluding hydrogens is 305 g/mol. The zero-order valence-corrected chi connectivity index (χ0v) is 12.7. The third-order valence-electron chi connectivity index (χ3n) is 3.85. The smallest absolute Gasteiger partial charge is 0.416 e. The summed E-state index contributed by atoms with van der Waals surface area (Å²) in [6.07, 6.45) is -1.73. The second-order valence-corrected chi connectivity index (χ2v) is 5.69. The van der Waals surface area contributed by atoms with Crippen molar-refractivity contribution >= 4 is 5.82 Å². The summed E-state index contributed by atoms with van der Waals surface area (Å²) in [4.78, 5) is 6.50. The van der Waals surface area contributed by atoms with Gasteiger partial charge in [0, 0.05) is 19.2 Å². The second kappa shape index (κ2) is 6.10. The molecule has 0 spiro atoms. The maximum Gasteiger partial charge on any atom is 0.416 e. The van der Waals surface area contributed by atoms with Crippen molar-refractivity contribution in [3.8, 4) is 5.75 Å². The number of rotatable bonds is 3. The standard InChI is InChI=1S/C17H17F3N2O/c1-12-2-7-16(21-10-12)22-9-8-15(11-22)23-14-5-3-13(4-6-14)17(18,19)20/h2-7,10,15H,8-9,11H2,1H3. The lowest BCUT2D eigenvalue weighted by Gasteiger charge is -2.18. The SMILES string of the molecule is Cc1ccc(N2CCC(Oc3ccc(C(F)(F)F)cc3)C2)nc1. The van der Waals surface area contributed by atoms with E-state index in [0.717, 1.165) is 36.5 Å². The van der Waals surface area contributed by atoms with Crippen molar-refractivity contribution in [2.45, 2.75) is 25.6 Å². The quantitative estimate of drug-likeness (QED) is 0.852. The molecule has 3 rings (SSSR count). The highest BCUT2D eigenvalue weighted by Crippen LogP contribution is 2.31. The number of anilines is 1. The molecule has 0 N–H and O–H groups in total. The largest absolute Gasteiger partial charge is 0.489 e. The maximum atomic E-state index is 12.5. The van der Waals surface area contributed by atoms with Crippen LogP contribution >= 0.6 is 0 Å². The van der Waals surface area contributed by atoms with Gasteiger partial charge < -0.3 is 9.64 Å². The minimum Gasteiger partial charge on any atom is -0.489 e. The molecule has 6 heteroatoms. The van der Waals surface area contributed by atoms with Crippen LogP contribution in [0.5, 0.6) is 5.75 Å². The first-order valence-corrected chi connectivity index (χ1v) is 7.43. The van der Waals surface area contributed by atoms with Gasteiger partial charge in [0.1, 0.15) is 17.7 Å². The lowest BCUT2D eigenvalue weighted by atomic mass is 10.2. The molecule has 1 unspecified atom stereocenters. The van der Waals surface area contributed by atoms with Crippen LogP contribution in [0.3, 0.4) is 0 Å². The van der Waals surface area contributed by atoms with Crippen LogP contribution in [0.1, 0.15) is 17.5 Å². The van der Waals surface area contributed by atoms with E-state index in [1.807, 2.05) is 25.3 Å². The molecule has 23 heavy (non-hydrogen) atoms. The van der Waals surface area contributed by atoms with Crippen molar-refractivity contribution < 1.29 is 17.9 Å². The minimum absolute atomic E-state index is 0.0464. The van der Waals surface area contributed by atoms with Gasteiger partial charge in [0.2, 0.25) is 0 Å². The fourth-order valence-electron chi connectivity index (χ4n) is 2.59. The summed E-state index contributed by atoms with van der Waals surface area (Å²) >= 11 is 0. The average Bonchev–Trinajstić information content (AvgIpc) is 2.96. The fourth-order valence-corrected chi connectivity index (χ4v) is 2.59. The first kappa shape index (κ1) is 15.6. The van der Waals surface area contributed by atoms with Gasteiger partial charge in [-0.05, 0) is 42.8 Å². The maximum absolute atomic E-state index is 12.5. The number of ether oxygens (including phenoxy) is 1. The molecule has 1 aliphatic heterocycles. The van der Waals surface area contributed by atoms with Crippen LogP contribution in [0.15, 0.2) is 42.6 Å². The van der Waals surface area contributed by atoms with E-state index < -0.39 is 11.7 Å². The molecule has 0 bridgehead atoms. The molecule has 2 aromatic rings. The molecule has 0 radical (unpaired) electrons. The van der Waals surface area contributed by atoms with E-state index in [4.69, 9.17) is 4.74 Å². The molecule has 1 saturated heterocycles. The van der Waals surface area contributed by atoms with E-state index in [0.29, 0.717) is 12.3 Å². The second-order valence-electron chi connectivity index (χ2n) is 5.69. The Bertz CT molecular complexity index is 653. The van der Waals surface area contributed by atoms with Crippen LogP contribution in [-0.2, 0) is 6.18 Å². The predicted octanol–water partition coefficient (Wildman–Crippen LogP) is 4.07. The molecule has 3 nitrogen and oxygen atoms in total. The van der Waals surface area contributed by atoms with E-state index in [2.05, 4.69) is 9.88 Å². The number of aromatic nitrogens is 1. The molecule has 1 atom stereocenters. The Morgan fingerprint density at radius 3 is 2.48 bits per heavy atom. The minimum atomic E-state index is -4.32.